The molecule has 2 aliphatic rings. The number of thiophene rings is 1. The van der Waals surface area contributed by atoms with E-state index in [1.807, 2.05) is 27.7 Å². The standard InChI is InChI=1S/C18H22N2O3S/c1-5-12-11(4)24-8-15(12)16(21)19-20-17(22)13-6-9(2)10(3)7-14(13)18(20)23/h8,13-14H,5-7H2,1-4H3,(H,19,21)/t13-,14-/m1/s1. The number of hydrogen-bond acceptors (Lipinski definition) is 4. The van der Waals surface area contributed by atoms with E-state index in [4.69, 9.17) is 0 Å². The monoisotopic (exact) mass is 346 g/mol. The predicted molar refractivity (Wildman–Crippen MR) is 92.3 cm³/mol. The molecule has 1 saturated heterocycles. The second-order valence-corrected chi connectivity index (χ2v) is 7.76. The van der Waals surface area contributed by atoms with Gasteiger partial charge in [0.05, 0.1) is 17.4 Å². The number of imide groups is 1. The quantitative estimate of drug-likeness (QED) is 0.676. The highest BCUT2D eigenvalue weighted by molar-refractivity contribution is 7.10. The number of aryl methyl sites for hydroxylation is 1. The van der Waals surface area contributed by atoms with Crippen molar-refractivity contribution in [3.8, 4) is 0 Å². The van der Waals surface area contributed by atoms with Crippen LogP contribution in [0.5, 0.6) is 0 Å². The van der Waals surface area contributed by atoms with E-state index in [9.17, 15) is 14.4 Å². The summed E-state index contributed by atoms with van der Waals surface area (Å²) in [6.45, 7) is 7.97. The Morgan fingerprint density at radius 2 is 1.71 bits per heavy atom. The Morgan fingerprint density at radius 3 is 2.21 bits per heavy atom. The first-order valence-corrected chi connectivity index (χ1v) is 9.14. The molecule has 0 radical (unpaired) electrons. The predicted octanol–water partition coefficient (Wildman–Crippen LogP) is 3.00. The Hall–Kier alpha value is -1.95. The molecule has 0 aromatic carbocycles. The van der Waals surface area contributed by atoms with Crippen LogP contribution < -0.4 is 5.43 Å². The fraction of sp³-hybridized carbons (Fsp3) is 0.500. The summed E-state index contributed by atoms with van der Waals surface area (Å²) in [5.74, 6) is -1.61. The third kappa shape index (κ3) is 2.59. The van der Waals surface area contributed by atoms with Crippen LogP contribution in [0.15, 0.2) is 16.5 Å². The molecule has 24 heavy (non-hydrogen) atoms. The number of hydrazine groups is 1. The minimum atomic E-state index is -0.377. The highest BCUT2D eigenvalue weighted by Crippen LogP contribution is 2.40. The smallest absolute Gasteiger partial charge is 0.271 e. The minimum Gasteiger partial charge on any atom is -0.272 e. The van der Waals surface area contributed by atoms with Crippen LogP contribution in [-0.2, 0) is 16.0 Å². The molecule has 3 amide bonds. The molecule has 0 saturated carbocycles. The van der Waals surface area contributed by atoms with Crippen molar-refractivity contribution in [1.82, 2.24) is 10.4 Å². The molecule has 0 unspecified atom stereocenters. The Kier molecular flexibility index (Phi) is 4.34. The van der Waals surface area contributed by atoms with Gasteiger partial charge in [0.1, 0.15) is 0 Å². The molecule has 2 atom stereocenters. The van der Waals surface area contributed by atoms with Gasteiger partial charge in [0, 0.05) is 10.3 Å². The second-order valence-electron chi connectivity index (χ2n) is 6.67. The molecule has 1 N–H and O–H groups in total. The molecule has 1 aliphatic carbocycles. The first kappa shape index (κ1) is 16.9. The number of fused-ring (bicyclic) bond motifs is 1. The van der Waals surface area contributed by atoms with Gasteiger partial charge < -0.3 is 0 Å². The van der Waals surface area contributed by atoms with E-state index < -0.39 is 0 Å². The number of amides is 3. The van der Waals surface area contributed by atoms with Crippen LogP contribution in [0, 0.1) is 18.8 Å². The zero-order valence-corrected chi connectivity index (χ0v) is 15.3. The van der Waals surface area contributed by atoms with Gasteiger partial charge in [0.2, 0.25) is 0 Å². The molecule has 1 aromatic heterocycles. The van der Waals surface area contributed by atoms with Crippen molar-refractivity contribution in [3.63, 3.8) is 0 Å². The SMILES string of the molecule is CCc1c(C(=O)NN2C(=O)[C@@H]3CC(C)=C(C)C[C@H]3C2=O)csc1C. The van der Waals surface area contributed by atoms with Gasteiger partial charge in [-0.25, -0.2) is 0 Å². The summed E-state index contributed by atoms with van der Waals surface area (Å²) in [5.41, 5.74) is 6.43. The molecular formula is C18H22N2O3S. The topological polar surface area (TPSA) is 66.5 Å². The van der Waals surface area contributed by atoms with Gasteiger partial charge in [-0.15, -0.1) is 11.3 Å². The summed E-state index contributed by atoms with van der Waals surface area (Å²) in [7, 11) is 0. The van der Waals surface area contributed by atoms with Crippen molar-refractivity contribution >= 4 is 29.1 Å². The molecule has 1 aromatic rings. The van der Waals surface area contributed by atoms with Crippen LogP contribution in [0.4, 0.5) is 0 Å². The minimum absolute atomic E-state index is 0.282. The third-order valence-electron chi connectivity index (χ3n) is 5.26. The highest BCUT2D eigenvalue weighted by atomic mass is 32.1. The molecule has 5 nitrogen and oxygen atoms in total. The van der Waals surface area contributed by atoms with Crippen molar-refractivity contribution in [2.75, 3.05) is 0 Å². The van der Waals surface area contributed by atoms with E-state index in [1.165, 1.54) is 22.5 Å². The van der Waals surface area contributed by atoms with E-state index in [0.717, 1.165) is 21.9 Å². The van der Waals surface area contributed by atoms with Gasteiger partial charge in [-0.1, -0.05) is 18.1 Å². The molecule has 0 bridgehead atoms. The highest BCUT2D eigenvalue weighted by Gasteiger charge is 2.50. The lowest BCUT2D eigenvalue weighted by atomic mass is 9.78. The second kappa shape index (κ2) is 6.16. The number of carbonyl (C=O) groups is 3. The van der Waals surface area contributed by atoms with E-state index in [-0.39, 0.29) is 29.6 Å². The van der Waals surface area contributed by atoms with Gasteiger partial charge in [0.25, 0.3) is 17.7 Å². The van der Waals surface area contributed by atoms with Crippen molar-refractivity contribution in [3.05, 3.63) is 32.5 Å². The maximum atomic E-state index is 12.6. The van der Waals surface area contributed by atoms with Crippen LogP contribution in [0.3, 0.4) is 0 Å². The van der Waals surface area contributed by atoms with Crippen molar-refractivity contribution < 1.29 is 14.4 Å². The lowest BCUT2D eigenvalue weighted by molar-refractivity contribution is -0.142. The van der Waals surface area contributed by atoms with Crippen LogP contribution in [0.1, 0.15) is 54.4 Å². The lowest BCUT2D eigenvalue weighted by Gasteiger charge is -2.23. The number of rotatable bonds is 3. The molecule has 1 aliphatic heterocycles. The van der Waals surface area contributed by atoms with Crippen LogP contribution in [0.2, 0.25) is 0 Å². The Labute approximate surface area is 145 Å². The number of carbonyl (C=O) groups excluding carboxylic acids is 3. The average Bonchev–Trinajstić information content (AvgIpc) is 3.02. The van der Waals surface area contributed by atoms with Crippen LogP contribution in [-0.4, -0.2) is 22.7 Å². The summed E-state index contributed by atoms with van der Waals surface area (Å²) in [6.07, 6.45) is 1.95. The largest absolute Gasteiger partial charge is 0.272 e. The van der Waals surface area contributed by atoms with Crippen molar-refractivity contribution in [2.45, 2.75) is 47.0 Å². The van der Waals surface area contributed by atoms with Crippen LogP contribution in [0.25, 0.3) is 0 Å². The molecule has 2 heterocycles. The summed E-state index contributed by atoms with van der Waals surface area (Å²) in [6, 6.07) is 0. The molecule has 128 valence electrons. The van der Waals surface area contributed by atoms with E-state index in [2.05, 4.69) is 5.43 Å². The maximum Gasteiger partial charge on any atom is 0.271 e. The van der Waals surface area contributed by atoms with Gasteiger partial charge in [-0.3, -0.25) is 19.8 Å². The zero-order chi connectivity index (χ0) is 17.6. The summed E-state index contributed by atoms with van der Waals surface area (Å²) < 4.78 is 0. The van der Waals surface area contributed by atoms with Gasteiger partial charge in [-0.05, 0) is 45.6 Å². The maximum absolute atomic E-state index is 12.6. The Balaban J connectivity index is 1.80. The van der Waals surface area contributed by atoms with Gasteiger partial charge >= 0.3 is 0 Å². The van der Waals surface area contributed by atoms with Crippen molar-refractivity contribution in [2.24, 2.45) is 11.8 Å². The number of allylic oxidation sites excluding steroid dienone is 2. The van der Waals surface area contributed by atoms with E-state index in [0.29, 0.717) is 18.4 Å². The number of nitrogens with one attached hydrogen (secondary N) is 1. The Bertz CT molecular complexity index is 730. The normalized spacial score (nSPS) is 23.8. The summed E-state index contributed by atoms with van der Waals surface area (Å²) >= 11 is 1.51. The molecule has 0 spiro atoms. The Morgan fingerprint density at radius 1 is 1.17 bits per heavy atom. The molecular weight excluding hydrogens is 324 g/mol. The van der Waals surface area contributed by atoms with E-state index in [1.54, 1.807) is 5.38 Å². The number of hydrogen-bond donors (Lipinski definition) is 1. The third-order valence-corrected chi connectivity index (χ3v) is 6.21. The van der Waals surface area contributed by atoms with Gasteiger partial charge in [0.15, 0.2) is 0 Å². The van der Waals surface area contributed by atoms with Crippen LogP contribution >= 0.6 is 11.3 Å². The number of nitrogens with zero attached hydrogens (tertiary/aromatic N) is 1. The first-order valence-electron chi connectivity index (χ1n) is 8.26. The zero-order valence-electron chi connectivity index (χ0n) is 14.4. The fourth-order valence-electron chi connectivity index (χ4n) is 3.63. The summed E-state index contributed by atoms with van der Waals surface area (Å²) in [4.78, 5) is 38.8. The summed E-state index contributed by atoms with van der Waals surface area (Å²) in [5, 5.41) is 2.74. The molecule has 1 fully saturated rings. The molecule has 6 heteroatoms. The fourth-order valence-corrected chi connectivity index (χ4v) is 4.57. The molecule has 3 rings (SSSR count). The van der Waals surface area contributed by atoms with Gasteiger partial charge in [-0.2, -0.15) is 5.01 Å². The average molecular weight is 346 g/mol. The first-order chi connectivity index (χ1) is 11.3. The van der Waals surface area contributed by atoms with Crippen molar-refractivity contribution in [1.29, 1.82) is 0 Å². The van der Waals surface area contributed by atoms with E-state index >= 15 is 0 Å². The lowest BCUT2D eigenvalue weighted by Crippen LogP contribution is -2.46.